The minimum atomic E-state index is 0.821. The quantitative estimate of drug-likeness (QED) is 0.152. The lowest BCUT2D eigenvalue weighted by molar-refractivity contribution is 0.669. The Bertz CT molecular complexity index is 4630. The number of nitrogens with zero attached hydrogens (tertiary/aromatic N) is 2. The number of benzene rings is 12. The molecule has 0 saturated carbocycles. The Morgan fingerprint density at radius 1 is 0.237 bits per heavy atom. The van der Waals surface area contributed by atoms with Crippen LogP contribution >= 0.6 is 22.7 Å². The molecule has 0 aliphatic rings. The minimum absolute atomic E-state index is 0.821. The molecule has 0 saturated heterocycles. The summed E-state index contributed by atoms with van der Waals surface area (Å²) in [7, 11) is 0. The molecule has 76 heavy (non-hydrogen) atoms. The molecule has 4 heterocycles. The van der Waals surface area contributed by atoms with Crippen molar-refractivity contribution in [3.8, 4) is 22.3 Å². The maximum absolute atomic E-state index is 7.26. The molecule has 4 aromatic heterocycles. The van der Waals surface area contributed by atoms with Gasteiger partial charge in [-0.2, -0.15) is 0 Å². The van der Waals surface area contributed by atoms with Crippen LogP contribution in [0.2, 0.25) is 0 Å². The summed E-state index contributed by atoms with van der Waals surface area (Å²) in [5, 5.41) is 11.5. The van der Waals surface area contributed by atoms with Crippen LogP contribution in [0, 0.1) is 0 Å². The first-order valence-corrected chi connectivity index (χ1v) is 27.3. The summed E-state index contributed by atoms with van der Waals surface area (Å²) in [6.45, 7) is 0. The van der Waals surface area contributed by atoms with Crippen molar-refractivity contribution < 1.29 is 8.83 Å². The van der Waals surface area contributed by atoms with Crippen LogP contribution in [-0.4, -0.2) is 0 Å². The molecule has 0 fully saturated rings. The summed E-state index contributed by atoms with van der Waals surface area (Å²) < 4.78 is 19.6. The summed E-state index contributed by atoms with van der Waals surface area (Å²) in [5.41, 5.74) is 14.0. The fourth-order valence-electron chi connectivity index (χ4n) is 11.8. The van der Waals surface area contributed by atoms with Gasteiger partial charge in [-0.15, -0.1) is 22.7 Å². The molecule has 16 aromatic rings. The van der Waals surface area contributed by atoms with Crippen LogP contribution in [0.4, 0.5) is 34.1 Å². The molecule has 0 N–H and O–H groups in total. The number of anilines is 6. The summed E-state index contributed by atoms with van der Waals surface area (Å²) in [6.07, 6.45) is 0. The van der Waals surface area contributed by atoms with Crippen molar-refractivity contribution in [2.24, 2.45) is 0 Å². The van der Waals surface area contributed by atoms with Gasteiger partial charge < -0.3 is 18.6 Å². The van der Waals surface area contributed by atoms with Crippen LogP contribution in [-0.2, 0) is 0 Å². The molecule has 0 amide bonds. The Labute approximate surface area is 444 Å². The zero-order chi connectivity index (χ0) is 49.8. The van der Waals surface area contributed by atoms with E-state index in [2.05, 4.69) is 265 Å². The second-order valence-electron chi connectivity index (χ2n) is 19.5. The van der Waals surface area contributed by atoms with Crippen LogP contribution in [0.5, 0.6) is 0 Å². The molecule has 0 radical (unpaired) electrons. The molecule has 0 spiro atoms. The highest BCUT2D eigenvalue weighted by molar-refractivity contribution is 7.26. The summed E-state index contributed by atoms with van der Waals surface area (Å²) in [4.78, 5) is 4.68. The van der Waals surface area contributed by atoms with Gasteiger partial charge in [0.2, 0.25) is 0 Å². The van der Waals surface area contributed by atoms with Gasteiger partial charge in [0, 0.05) is 119 Å². The Balaban J connectivity index is 0.909. The van der Waals surface area contributed by atoms with E-state index in [1.54, 1.807) is 0 Å². The Morgan fingerprint density at radius 3 is 1.00 bits per heavy atom. The predicted octanol–water partition coefficient (Wildman–Crippen LogP) is 21.6. The zero-order valence-corrected chi connectivity index (χ0v) is 42.4. The van der Waals surface area contributed by atoms with Gasteiger partial charge >= 0.3 is 0 Å². The minimum Gasteiger partial charge on any atom is -0.455 e. The van der Waals surface area contributed by atoms with Gasteiger partial charge in [-0.05, 0) is 119 Å². The van der Waals surface area contributed by atoms with E-state index in [1.807, 2.05) is 22.7 Å². The van der Waals surface area contributed by atoms with Crippen LogP contribution in [0.3, 0.4) is 0 Å². The largest absolute Gasteiger partial charge is 0.455 e. The van der Waals surface area contributed by atoms with E-state index in [0.29, 0.717) is 0 Å². The SMILES string of the molecule is c1ccc(-c2c3cc4c(oc5cc(N(c6ccccc6)c6ccc7c(c6)sc6ccccc67)ccc54)c(-c4ccccc4)c3cc3c2oc2cc(N(c4ccccc4)c4ccc5c(c4)sc4ccccc45)ccc23)cc1. The number of para-hydroxylation sites is 2. The molecule has 356 valence electrons. The number of rotatable bonds is 8. The Morgan fingerprint density at radius 2 is 0.579 bits per heavy atom. The lowest BCUT2D eigenvalue weighted by Crippen LogP contribution is -2.09. The third-order valence-corrected chi connectivity index (χ3v) is 17.5. The van der Waals surface area contributed by atoms with Gasteiger partial charge in [0.05, 0.1) is 0 Å². The van der Waals surface area contributed by atoms with Crippen LogP contribution in [0.1, 0.15) is 0 Å². The standard InChI is InChI=1S/C70H42N2O2S2/c1-5-17-43(18-6-1)67-57-41-60-52-34-30-48(72(46-23-11-4-12-24-46)50-32-36-56-54-26-14-16-28-64(54)76-66(56)40-50)38-62(52)74-70(60)68(44-19-7-2-8-20-44)58(57)42-59-51-33-29-47(37-61(51)73-69(59)67)71(45-21-9-3-10-22-45)49-31-35-55-53-25-13-15-27-63(53)75-65(55)39-49/h1-42H. The normalized spacial score (nSPS) is 11.9. The van der Waals surface area contributed by atoms with Crippen molar-refractivity contribution in [2.75, 3.05) is 9.80 Å². The van der Waals surface area contributed by atoms with Gasteiger partial charge in [-0.25, -0.2) is 0 Å². The maximum Gasteiger partial charge on any atom is 0.143 e. The van der Waals surface area contributed by atoms with Crippen molar-refractivity contribution in [2.45, 2.75) is 0 Å². The topological polar surface area (TPSA) is 32.8 Å². The van der Waals surface area contributed by atoms with Crippen molar-refractivity contribution in [3.05, 3.63) is 255 Å². The van der Waals surface area contributed by atoms with E-state index in [4.69, 9.17) is 8.83 Å². The first-order valence-electron chi connectivity index (χ1n) is 25.6. The molecule has 0 aliphatic carbocycles. The molecule has 6 heteroatoms. The zero-order valence-electron chi connectivity index (χ0n) is 40.8. The number of hydrogen-bond donors (Lipinski definition) is 0. The van der Waals surface area contributed by atoms with Crippen molar-refractivity contribution in [3.63, 3.8) is 0 Å². The van der Waals surface area contributed by atoms with E-state index in [-0.39, 0.29) is 0 Å². The van der Waals surface area contributed by atoms with Gasteiger partial charge in [-0.1, -0.05) is 146 Å². The molecule has 0 bridgehead atoms. The van der Waals surface area contributed by atoms with E-state index < -0.39 is 0 Å². The molecule has 4 nitrogen and oxygen atoms in total. The number of hydrogen-bond acceptors (Lipinski definition) is 6. The van der Waals surface area contributed by atoms with E-state index in [9.17, 15) is 0 Å². The fraction of sp³-hybridized carbons (Fsp3) is 0. The summed E-state index contributed by atoms with van der Waals surface area (Å²) in [6, 6.07) is 91.8. The van der Waals surface area contributed by atoms with Crippen LogP contribution in [0.25, 0.3) is 117 Å². The molecule has 0 atom stereocenters. The molecule has 16 rings (SSSR count). The summed E-state index contributed by atoms with van der Waals surface area (Å²) >= 11 is 3.68. The van der Waals surface area contributed by atoms with Crippen LogP contribution < -0.4 is 9.80 Å². The molecular weight excluding hydrogens is 965 g/mol. The molecular formula is C70H42N2O2S2. The smallest absolute Gasteiger partial charge is 0.143 e. The third kappa shape index (κ3) is 6.75. The monoisotopic (exact) mass is 1010 g/mol. The van der Waals surface area contributed by atoms with Crippen molar-refractivity contribution in [1.29, 1.82) is 0 Å². The predicted molar refractivity (Wildman–Crippen MR) is 325 cm³/mol. The highest BCUT2D eigenvalue weighted by Gasteiger charge is 2.25. The van der Waals surface area contributed by atoms with E-state index in [1.165, 1.54) is 40.3 Å². The third-order valence-electron chi connectivity index (χ3n) is 15.2. The first kappa shape index (κ1) is 43.0. The van der Waals surface area contributed by atoms with Gasteiger partial charge in [0.25, 0.3) is 0 Å². The van der Waals surface area contributed by atoms with Gasteiger partial charge in [0.15, 0.2) is 0 Å². The molecule has 0 aliphatic heterocycles. The molecule has 0 unspecified atom stereocenters. The van der Waals surface area contributed by atoms with Gasteiger partial charge in [0.1, 0.15) is 22.3 Å². The Kier molecular flexibility index (Phi) is 9.64. The number of thiophene rings is 2. The first-order chi connectivity index (χ1) is 37.7. The van der Waals surface area contributed by atoms with Crippen molar-refractivity contribution >= 4 is 152 Å². The summed E-state index contributed by atoms with van der Waals surface area (Å²) in [5.74, 6) is 0. The second-order valence-corrected chi connectivity index (χ2v) is 21.7. The highest BCUT2D eigenvalue weighted by atomic mass is 32.1. The van der Waals surface area contributed by atoms with Gasteiger partial charge in [-0.3, -0.25) is 0 Å². The second kappa shape index (κ2) is 17.0. The maximum atomic E-state index is 7.26. The lowest BCUT2D eigenvalue weighted by atomic mass is 9.89. The average molecular weight is 1010 g/mol. The number of furan rings is 2. The number of fused-ring (bicyclic) bond motifs is 13. The van der Waals surface area contributed by atoms with E-state index >= 15 is 0 Å². The Hall–Kier alpha value is -9.46. The van der Waals surface area contributed by atoms with E-state index in [0.717, 1.165) is 111 Å². The lowest BCUT2D eigenvalue weighted by Gasteiger charge is -2.25. The van der Waals surface area contributed by atoms with Crippen LogP contribution in [0.15, 0.2) is 264 Å². The average Bonchev–Trinajstić information content (AvgIpc) is 4.25. The van der Waals surface area contributed by atoms with Crippen molar-refractivity contribution in [1.82, 2.24) is 0 Å². The highest BCUT2D eigenvalue weighted by Crippen LogP contribution is 2.50. The fourth-order valence-corrected chi connectivity index (χ4v) is 14.1. The molecule has 12 aromatic carbocycles.